The lowest BCUT2D eigenvalue weighted by molar-refractivity contribution is -0.117. The normalized spacial score (nSPS) is 15.2. The minimum Gasteiger partial charge on any atom is -0.450 e. The molecule has 1 aromatic rings. The second-order valence-electron chi connectivity index (χ2n) is 5.81. The third kappa shape index (κ3) is 4.96. The molecule has 0 bridgehead atoms. The van der Waals surface area contributed by atoms with E-state index in [0.717, 1.165) is 18.5 Å². The molecule has 1 aromatic carbocycles. The van der Waals surface area contributed by atoms with Gasteiger partial charge >= 0.3 is 6.09 Å². The van der Waals surface area contributed by atoms with Gasteiger partial charge in [0.2, 0.25) is 5.91 Å². The van der Waals surface area contributed by atoms with Gasteiger partial charge in [0.25, 0.3) is 0 Å². The average molecular weight is 333 g/mol. The summed E-state index contributed by atoms with van der Waals surface area (Å²) in [6.07, 6.45) is 1.43. The highest BCUT2D eigenvalue weighted by Gasteiger charge is 2.24. The van der Waals surface area contributed by atoms with Crippen LogP contribution in [0.25, 0.3) is 0 Å². The van der Waals surface area contributed by atoms with Gasteiger partial charge in [-0.2, -0.15) is 0 Å². The number of hydrogen-bond acceptors (Lipinski definition) is 4. The molecule has 132 valence electrons. The number of carbonyl (C=O) groups is 2. The zero-order valence-corrected chi connectivity index (χ0v) is 14.5. The quantitative estimate of drug-likeness (QED) is 0.867. The van der Waals surface area contributed by atoms with Crippen molar-refractivity contribution >= 4 is 17.7 Å². The largest absolute Gasteiger partial charge is 0.450 e. The average Bonchev–Trinajstić information content (AvgIpc) is 2.62. The zero-order valence-electron chi connectivity index (χ0n) is 14.5. The second-order valence-corrected chi connectivity index (χ2v) is 5.81. The molecule has 0 saturated carbocycles. The molecule has 1 saturated heterocycles. The fourth-order valence-corrected chi connectivity index (χ4v) is 2.92. The van der Waals surface area contributed by atoms with Crippen LogP contribution in [0.2, 0.25) is 0 Å². The summed E-state index contributed by atoms with van der Waals surface area (Å²) in [5.41, 5.74) is 0.920. The Morgan fingerprint density at radius 2 is 1.88 bits per heavy atom. The smallest absolute Gasteiger partial charge is 0.409 e. The van der Waals surface area contributed by atoms with Crippen molar-refractivity contribution in [3.63, 3.8) is 0 Å². The number of ether oxygens (including phenoxy) is 1. The van der Waals surface area contributed by atoms with Gasteiger partial charge < -0.3 is 19.9 Å². The SMILES string of the molecule is CCOC(=O)N1CCC(NCC(=O)N(CC)c2ccccc2)CC1. The number of likely N-dealkylation sites (N-methyl/N-ethyl adjacent to an activating group) is 1. The van der Waals surface area contributed by atoms with Crippen LogP contribution in [0, 0.1) is 0 Å². The summed E-state index contributed by atoms with van der Waals surface area (Å²) in [7, 11) is 0. The van der Waals surface area contributed by atoms with Crippen molar-refractivity contribution in [2.75, 3.05) is 37.7 Å². The second kappa shape index (κ2) is 9.27. The standard InChI is InChI=1S/C18H27N3O3/c1-3-21(16-8-6-5-7-9-16)17(22)14-19-15-10-12-20(13-11-15)18(23)24-4-2/h5-9,15,19H,3-4,10-14H2,1-2H3. The molecule has 1 aliphatic heterocycles. The lowest BCUT2D eigenvalue weighted by Crippen LogP contribution is -2.48. The van der Waals surface area contributed by atoms with E-state index in [9.17, 15) is 9.59 Å². The van der Waals surface area contributed by atoms with E-state index in [1.54, 1.807) is 9.80 Å². The highest BCUT2D eigenvalue weighted by molar-refractivity contribution is 5.94. The number of anilines is 1. The third-order valence-electron chi connectivity index (χ3n) is 4.25. The molecule has 0 unspecified atom stereocenters. The molecule has 0 aliphatic carbocycles. The molecule has 1 N–H and O–H groups in total. The Bertz CT molecular complexity index is 528. The van der Waals surface area contributed by atoms with Crippen LogP contribution in [-0.2, 0) is 9.53 Å². The Kier molecular flexibility index (Phi) is 7.06. The van der Waals surface area contributed by atoms with Gasteiger partial charge in [-0.3, -0.25) is 4.79 Å². The molecule has 0 atom stereocenters. The number of piperidine rings is 1. The van der Waals surface area contributed by atoms with Crippen molar-refractivity contribution in [2.45, 2.75) is 32.7 Å². The highest BCUT2D eigenvalue weighted by Crippen LogP contribution is 2.14. The molecule has 1 fully saturated rings. The van der Waals surface area contributed by atoms with Crippen LogP contribution in [0.3, 0.4) is 0 Å². The summed E-state index contributed by atoms with van der Waals surface area (Å²) in [5, 5.41) is 3.33. The number of benzene rings is 1. The van der Waals surface area contributed by atoms with Crippen LogP contribution >= 0.6 is 0 Å². The number of likely N-dealkylation sites (tertiary alicyclic amines) is 1. The maximum Gasteiger partial charge on any atom is 0.409 e. The Morgan fingerprint density at radius 3 is 2.46 bits per heavy atom. The summed E-state index contributed by atoms with van der Waals surface area (Å²) in [4.78, 5) is 27.6. The Morgan fingerprint density at radius 1 is 1.21 bits per heavy atom. The van der Waals surface area contributed by atoms with Gasteiger partial charge in [0, 0.05) is 31.4 Å². The topological polar surface area (TPSA) is 61.9 Å². The van der Waals surface area contributed by atoms with Gasteiger partial charge in [0.1, 0.15) is 0 Å². The van der Waals surface area contributed by atoms with Crippen molar-refractivity contribution in [3.05, 3.63) is 30.3 Å². The van der Waals surface area contributed by atoms with E-state index in [0.29, 0.717) is 32.8 Å². The van der Waals surface area contributed by atoms with Crippen molar-refractivity contribution in [2.24, 2.45) is 0 Å². The molecule has 6 heteroatoms. The third-order valence-corrected chi connectivity index (χ3v) is 4.25. The van der Waals surface area contributed by atoms with Gasteiger partial charge in [-0.05, 0) is 38.8 Å². The number of nitrogens with one attached hydrogen (secondary N) is 1. The summed E-state index contributed by atoms with van der Waals surface area (Å²) in [6, 6.07) is 9.96. The van der Waals surface area contributed by atoms with Gasteiger partial charge in [-0.15, -0.1) is 0 Å². The summed E-state index contributed by atoms with van der Waals surface area (Å²) < 4.78 is 5.02. The molecule has 0 radical (unpaired) electrons. The van der Waals surface area contributed by atoms with E-state index in [2.05, 4.69) is 5.32 Å². The van der Waals surface area contributed by atoms with Crippen LogP contribution in [-0.4, -0.2) is 55.7 Å². The van der Waals surface area contributed by atoms with Crippen LogP contribution < -0.4 is 10.2 Å². The van der Waals surface area contributed by atoms with Crippen molar-refractivity contribution in [1.82, 2.24) is 10.2 Å². The van der Waals surface area contributed by atoms with Crippen LogP contribution in [0.1, 0.15) is 26.7 Å². The molecule has 0 aromatic heterocycles. The first-order valence-electron chi connectivity index (χ1n) is 8.66. The molecule has 24 heavy (non-hydrogen) atoms. The summed E-state index contributed by atoms with van der Waals surface area (Å²) >= 11 is 0. The van der Waals surface area contributed by atoms with Crippen LogP contribution in [0.15, 0.2) is 30.3 Å². The molecule has 1 aliphatic rings. The van der Waals surface area contributed by atoms with Crippen molar-refractivity contribution in [3.8, 4) is 0 Å². The van der Waals surface area contributed by atoms with Gasteiger partial charge in [0.05, 0.1) is 13.2 Å². The number of rotatable bonds is 6. The molecule has 2 rings (SSSR count). The van der Waals surface area contributed by atoms with Crippen molar-refractivity contribution < 1.29 is 14.3 Å². The Labute approximate surface area is 143 Å². The highest BCUT2D eigenvalue weighted by atomic mass is 16.6. The van der Waals surface area contributed by atoms with E-state index in [1.807, 2.05) is 44.2 Å². The predicted molar refractivity (Wildman–Crippen MR) is 94.1 cm³/mol. The van der Waals surface area contributed by atoms with Crippen LogP contribution in [0.5, 0.6) is 0 Å². The molecule has 2 amide bonds. The lowest BCUT2D eigenvalue weighted by atomic mass is 10.1. The van der Waals surface area contributed by atoms with E-state index in [1.165, 1.54) is 0 Å². The first kappa shape index (κ1) is 18.3. The van der Waals surface area contributed by atoms with Crippen molar-refractivity contribution in [1.29, 1.82) is 0 Å². The monoisotopic (exact) mass is 333 g/mol. The Hall–Kier alpha value is -2.08. The molecule has 6 nitrogen and oxygen atoms in total. The molecule has 0 spiro atoms. The fraction of sp³-hybridized carbons (Fsp3) is 0.556. The maximum absolute atomic E-state index is 12.5. The van der Waals surface area contributed by atoms with E-state index < -0.39 is 0 Å². The summed E-state index contributed by atoms with van der Waals surface area (Å²) in [5.74, 6) is 0.0662. The van der Waals surface area contributed by atoms with E-state index in [-0.39, 0.29) is 18.0 Å². The van der Waals surface area contributed by atoms with Crippen LogP contribution in [0.4, 0.5) is 10.5 Å². The number of nitrogens with zero attached hydrogens (tertiary/aromatic N) is 2. The zero-order chi connectivity index (χ0) is 17.4. The minimum absolute atomic E-state index is 0.0662. The first-order valence-corrected chi connectivity index (χ1v) is 8.66. The van der Waals surface area contributed by atoms with Gasteiger partial charge in [-0.1, -0.05) is 18.2 Å². The number of carbonyl (C=O) groups excluding carboxylic acids is 2. The maximum atomic E-state index is 12.5. The number of amides is 2. The molecular formula is C18H27N3O3. The molecule has 1 heterocycles. The Balaban J connectivity index is 1.77. The number of hydrogen-bond donors (Lipinski definition) is 1. The van der Waals surface area contributed by atoms with E-state index >= 15 is 0 Å². The molecular weight excluding hydrogens is 306 g/mol. The lowest BCUT2D eigenvalue weighted by Gasteiger charge is -2.32. The fourth-order valence-electron chi connectivity index (χ4n) is 2.92. The predicted octanol–water partition coefficient (Wildman–Crippen LogP) is 2.25. The van der Waals surface area contributed by atoms with Gasteiger partial charge in [-0.25, -0.2) is 4.79 Å². The number of para-hydroxylation sites is 1. The first-order chi connectivity index (χ1) is 11.7. The minimum atomic E-state index is -0.242. The van der Waals surface area contributed by atoms with E-state index in [4.69, 9.17) is 4.74 Å². The van der Waals surface area contributed by atoms with Gasteiger partial charge in [0.15, 0.2) is 0 Å². The summed E-state index contributed by atoms with van der Waals surface area (Å²) in [6.45, 7) is 6.48.